The molecule has 2 aromatic rings. The quantitative estimate of drug-likeness (QED) is 0.445. The first-order chi connectivity index (χ1) is 11.2. The number of benzene rings is 2. The Kier molecular flexibility index (Phi) is 5.34. The van der Waals surface area contributed by atoms with Gasteiger partial charge in [0.25, 0.3) is 0 Å². The maximum atomic E-state index is 12.6. The van der Waals surface area contributed by atoms with Gasteiger partial charge >= 0.3 is 0 Å². The first kappa shape index (κ1) is 16.1. The Hall–Kier alpha value is -3.30. The second-order valence-electron chi connectivity index (χ2n) is 4.30. The van der Waals surface area contributed by atoms with Gasteiger partial charge in [-0.1, -0.05) is 40.6 Å². The van der Waals surface area contributed by atoms with Crippen LogP contribution in [0.15, 0.2) is 57.6 Å². The Morgan fingerprint density at radius 1 is 1.13 bits per heavy atom. The molecule has 0 saturated carbocycles. The lowest BCUT2D eigenvalue weighted by Gasteiger charge is -2.08. The Morgan fingerprint density at radius 2 is 1.83 bits per heavy atom. The Labute approximate surface area is 133 Å². The molecule has 2 aromatic carbocycles. The molecular weight excluding hydrogens is 314 g/mol. The third-order valence-corrected chi connectivity index (χ3v) is 4.28. The Morgan fingerprint density at radius 3 is 2.43 bits per heavy atom. The van der Waals surface area contributed by atoms with Crippen LogP contribution < -0.4 is 0 Å². The molecule has 1 unspecified atom stereocenters. The smallest absolute Gasteiger partial charge is 0.101 e. The molecule has 0 fully saturated rings. The van der Waals surface area contributed by atoms with Crippen molar-refractivity contribution in [2.24, 2.45) is 10.2 Å². The maximum absolute atomic E-state index is 12.6. The molecule has 2 rings (SSSR count). The summed E-state index contributed by atoms with van der Waals surface area (Å²) in [4.78, 5) is 5.47. The largest absolute Gasteiger partial charge is 0.254 e. The van der Waals surface area contributed by atoms with E-state index in [1.165, 1.54) is 12.1 Å². The number of azide groups is 2. The highest BCUT2D eigenvalue weighted by Crippen LogP contribution is 2.32. The van der Waals surface area contributed by atoms with E-state index in [-0.39, 0.29) is 27.6 Å². The summed E-state index contributed by atoms with van der Waals surface area (Å²) in [6, 6.07) is 13.7. The van der Waals surface area contributed by atoms with Crippen molar-refractivity contribution in [1.82, 2.24) is 0 Å². The van der Waals surface area contributed by atoms with Crippen molar-refractivity contribution in [2.45, 2.75) is 10.6 Å². The summed E-state index contributed by atoms with van der Waals surface area (Å²) < 4.78 is 12.6. The Balaban J connectivity index is 2.55. The standard InChI is InChI=1S/C14H9N7OS/c15-8-12-13(19-21-17)6-11(18-20-16)7-14(12)23(22)9-10-4-2-1-3-5-10/h1-7H,9H2. The van der Waals surface area contributed by atoms with Crippen LogP contribution in [0.3, 0.4) is 0 Å². The van der Waals surface area contributed by atoms with Crippen LogP contribution in [0.1, 0.15) is 11.1 Å². The predicted octanol–water partition coefficient (Wildman–Crippen LogP) is 4.75. The SMILES string of the molecule is N#Cc1c(N=[N+]=[N-])cc(N=[N+]=[N-])cc1S(=O)Cc1ccccc1. The minimum absolute atomic E-state index is 0.00829. The summed E-state index contributed by atoms with van der Waals surface area (Å²) in [5.41, 5.74) is 18.1. The highest BCUT2D eigenvalue weighted by atomic mass is 32.2. The van der Waals surface area contributed by atoms with Crippen LogP contribution in [0.4, 0.5) is 11.4 Å². The molecule has 0 bridgehead atoms. The molecule has 0 aliphatic heterocycles. The van der Waals surface area contributed by atoms with E-state index in [0.717, 1.165) is 5.56 Å². The van der Waals surface area contributed by atoms with Gasteiger partial charge in [0.15, 0.2) is 0 Å². The Bertz CT molecular complexity index is 891. The lowest BCUT2D eigenvalue weighted by Crippen LogP contribution is -1.99. The number of hydrogen-bond donors (Lipinski definition) is 0. The van der Waals surface area contributed by atoms with E-state index in [0.29, 0.717) is 0 Å². The molecule has 0 aliphatic carbocycles. The molecule has 0 heterocycles. The molecule has 9 heteroatoms. The van der Waals surface area contributed by atoms with Gasteiger partial charge in [-0.25, -0.2) is 0 Å². The monoisotopic (exact) mass is 323 g/mol. The number of hydrogen-bond acceptors (Lipinski definition) is 4. The van der Waals surface area contributed by atoms with Gasteiger partial charge in [-0.3, -0.25) is 4.21 Å². The highest BCUT2D eigenvalue weighted by Gasteiger charge is 2.15. The van der Waals surface area contributed by atoms with Crippen LogP contribution in [0, 0.1) is 11.3 Å². The van der Waals surface area contributed by atoms with Crippen LogP contribution >= 0.6 is 0 Å². The fourth-order valence-electron chi connectivity index (χ4n) is 1.92. The van der Waals surface area contributed by atoms with E-state index >= 15 is 0 Å². The van der Waals surface area contributed by atoms with Gasteiger partial charge in [0.05, 0.1) is 32.7 Å². The van der Waals surface area contributed by atoms with E-state index in [1.807, 2.05) is 36.4 Å². The van der Waals surface area contributed by atoms with Gasteiger partial charge in [0, 0.05) is 15.5 Å². The summed E-state index contributed by atoms with van der Waals surface area (Å²) >= 11 is 0. The van der Waals surface area contributed by atoms with E-state index in [1.54, 1.807) is 0 Å². The van der Waals surface area contributed by atoms with Gasteiger partial charge in [-0.15, -0.1) is 0 Å². The summed E-state index contributed by atoms with van der Waals surface area (Å²) in [6.45, 7) is 0. The summed E-state index contributed by atoms with van der Waals surface area (Å²) in [6.07, 6.45) is 0. The van der Waals surface area contributed by atoms with Gasteiger partial charge in [0.1, 0.15) is 6.07 Å². The fraction of sp³-hybridized carbons (Fsp3) is 0.0714. The van der Waals surface area contributed by atoms with Crippen LogP contribution in [-0.4, -0.2) is 4.21 Å². The lowest BCUT2D eigenvalue weighted by molar-refractivity contribution is 0.682. The van der Waals surface area contributed by atoms with Crippen molar-refractivity contribution in [3.8, 4) is 6.07 Å². The number of nitriles is 1. The minimum Gasteiger partial charge on any atom is -0.254 e. The molecule has 23 heavy (non-hydrogen) atoms. The molecule has 112 valence electrons. The van der Waals surface area contributed by atoms with Crippen LogP contribution in [0.5, 0.6) is 0 Å². The van der Waals surface area contributed by atoms with Crippen molar-refractivity contribution in [2.75, 3.05) is 0 Å². The van der Waals surface area contributed by atoms with Crippen LogP contribution in [0.2, 0.25) is 0 Å². The molecule has 0 spiro atoms. The van der Waals surface area contributed by atoms with E-state index in [4.69, 9.17) is 11.1 Å². The minimum atomic E-state index is -1.56. The van der Waals surface area contributed by atoms with Gasteiger partial charge in [0.2, 0.25) is 0 Å². The van der Waals surface area contributed by atoms with Gasteiger partial charge in [-0.05, 0) is 28.8 Å². The zero-order valence-electron chi connectivity index (χ0n) is 11.7. The second-order valence-corrected chi connectivity index (χ2v) is 5.72. The summed E-state index contributed by atoms with van der Waals surface area (Å²) in [5, 5.41) is 16.1. The molecule has 0 radical (unpaired) electrons. The predicted molar refractivity (Wildman–Crippen MR) is 85.3 cm³/mol. The molecule has 0 aromatic heterocycles. The van der Waals surface area contributed by atoms with Crippen LogP contribution in [-0.2, 0) is 16.6 Å². The molecule has 0 N–H and O–H groups in total. The zero-order chi connectivity index (χ0) is 16.7. The number of nitrogens with zero attached hydrogens (tertiary/aromatic N) is 7. The third-order valence-electron chi connectivity index (χ3n) is 2.88. The van der Waals surface area contributed by atoms with E-state index in [2.05, 4.69) is 20.1 Å². The fourth-order valence-corrected chi connectivity index (χ4v) is 3.20. The van der Waals surface area contributed by atoms with E-state index in [9.17, 15) is 9.47 Å². The third kappa shape index (κ3) is 3.87. The first-order valence-corrected chi connectivity index (χ1v) is 7.62. The lowest BCUT2D eigenvalue weighted by atomic mass is 10.2. The van der Waals surface area contributed by atoms with E-state index < -0.39 is 10.8 Å². The molecular formula is C14H9N7OS. The second kappa shape index (κ2) is 7.64. The van der Waals surface area contributed by atoms with Crippen molar-refractivity contribution < 1.29 is 4.21 Å². The average molecular weight is 323 g/mol. The van der Waals surface area contributed by atoms with Crippen molar-refractivity contribution in [3.63, 3.8) is 0 Å². The number of rotatable bonds is 5. The average Bonchev–Trinajstić information content (AvgIpc) is 2.56. The molecule has 0 aliphatic rings. The summed E-state index contributed by atoms with van der Waals surface area (Å²) in [7, 11) is -1.56. The van der Waals surface area contributed by atoms with Gasteiger partial charge in [-0.2, -0.15) is 5.26 Å². The maximum Gasteiger partial charge on any atom is 0.101 e. The topological polar surface area (TPSA) is 138 Å². The summed E-state index contributed by atoms with van der Waals surface area (Å²) in [5.74, 6) is 0.185. The first-order valence-electron chi connectivity index (χ1n) is 6.30. The van der Waals surface area contributed by atoms with Crippen molar-refractivity contribution >= 4 is 22.2 Å². The van der Waals surface area contributed by atoms with Gasteiger partial charge < -0.3 is 0 Å². The normalized spacial score (nSPS) is 10.7. The van der Waals surface area contributed by atoms with Crippen molar-refractivity contribution in [3.05, 3.63) is 74.5 Å². The molecule has 0 amide bonds. The molecule has 1 atom stereocenters. The highest BCUT2D eigenvalue weighted by molar-refractivity contribution is 7.84. The van der Waals surface area contributed by atoms with Crippen molar-refractivity contribution in [1.29, 1.82) is 5.26 Å². The molecule has 8 nitrogen and oxygen atoms in total. The molecule has 0 saturated heterocycles. The van der Waals surface area contributed by atoms with Crippen LogP contribution in [0.25, 0.3) is 20.9 Å². The zero-order valence-corrected chi connectivity index (χ0v) is 12.5.